The van der Waals surface area contributed by atoms with Crippen molar-refractivity contribution in [2.75, 3.05) is 19.8 Å². The SMILES string of the molecule is OCC1(Cc2sccc2Br)CCOC1. The second-order valence-corrected chi connectivity index (χ2v) is 5.68. The molecule has 1 atom stereocenters. The number of thiophene rings is 1. The molecule has 0 saturated carbocycles. The van der Waals surface area contributed by atoms with Crippen LogP contribution >= 0.6 is 27.3 Å². The summed E-state index contributed by atoms with van der Waals surface area (Å²) in [7, 11) is 0. The molecule has 0 aliphatic carbocycles. The van der Waals surface area contributed by atoms with Crippen LogP contribution in [0.25, 0.3) is 0 Å². The Kier molecular flexibility index (Phi) is 3.27. The van der Waals surface area contributed by atoms with E-state index in [1.165, 1.54) is 4.88 Å². The van der Waals surface area contributed by atoms with Gasteiger partial charge in [-0.05, 0) is 40.2 Å². The Bertz CT molecular complexity index is 305. The first-order valence-corrected chi connectivity index (χ1v) is 6.33. The monoisotopic (exact) mass is 276 g/mol. The lowest BCUT2D eigenvalue weighted by atomic mass is 9.84. The molecule has 0 spiro atoms. The Morgan fingerprint density at radius 1 is 1.64 bits per heavy atom. The standard InChI is InChI=1S/C10H13BrO2S/c11-8-1-4-14-9(8)5-10(6-12)2-3-13-7-10/h1,4,12H,2-3,5-7H2. The highest BCUT2D eigenvalue weighted by Crippen LogP contribution is 2.36. The first-order valence-electron chi connectivity index (χ1n) is 4.66. The van der Waals surface area contributed by atoms with Gasteiger partial charge in [-0.25, -0.2) is 0 Å². The number of rotatable bonds is 3. The molecule has 78 valence electrons. The first-order chi connectivity index (χ1) is 6.76. The van der Waals surface area contributed by atoms with Gasteiger partial charge < -0.3 is 9.84 Å². The molecule has 0 radical (unpaired) electrons. The van der Waals surface area contributed by atoms with Crippen molar-refractivity contribution in [3.05, 3.63) is 20.8 Å². The van der Waals surface area contributed by atoms with Gasteiger partial charge >= 0.3 is 0 Å². The molecule has 1 aromatic heterocycles. The maximum absolute atomic E-state index is 9.42. The van der Waals surface area contributed by atoms with Crippen molar-refractivity contribution in [1.29, 1.82) is 0 Å². The van der Waals surface area contributed by atoms with Gasteiger partial charge in [-0.2, -0.15) is 0 Å². The van der Waals surface area contributed by atoms with E-state index in [4.69, 9.17) is 4.74 Å². The van der Waals surface area contributed by atoms with Crippen molar-refractivity contribution in [2.24, 2.45) is 5.41 Å². The predicted octanol–water partition coefficient (Wildman–Crippen LogP) is 2.45. The molecule has 1 fully saturated rings. The summed E-state index contributed by atoms with van der Waals surface area (Å²) >= 11 is 5.25. The van der Waals surface area contributed by atoms with E-state index in [2.05, 4.69) is 27.4 Å². The summed E-state index contributed by atoms with van der Waals surface area (Å²) in [5.41, 5.74) is -0.0344. The molecular weight excluding hydrogens is 264 g/mol. The molecule has 0 aromatic carbocycles. The minimum atomic E-state index is -0.0344. The van der Waals surface area contributed by atoms with Gasteiger partial charge in [0, 0.05) is 21.4 Å². The number of hydrogen-bond acceptors (Lipinski definition) is 3. The highest BCUT2D eigenvalue weighted by molar-refractivity contribution is 9.10. The molecule has 1 N–H and O–H groups in total. The fourth-order valence-electron chi connectivity index (χ4n) is 1.76. The molecular formula is C10H13BrO2S. The Hall–Kier alpha value is 0.1000. The minimum absolute atomic E-state index is 0.0344. The van der Waals surface area contributed by atoms with Crippen LogP contribution in [0, 0.1) is 5.41 Å². The fraction of sp³-hybridized carbons (Fsp3) is 0.600. The van der Waals surface area contributed by atoms with Crippen LogP contribution in [0.2, 0.25) is 0 Å². The Morgan fingerprint density at radius 3 is 3.00 bits per heavy atom. The van der Waals surface area contributed by atoms with E-state index in [-0.39, 0.29) is 12.0 Å². The Labute approximate surface area is 96.0 Å². The third-order valence-electron chi connectivity index (χ3n) is 2.75. The van der Waals surface area contributed by atoms with E-state index in [1.807, 2.05) is 0 Å². The molecule has 1 aromatic rings. The summed E-state index contributed by atoms with van der Waals surface area (Å²) in [6, 6.07) is 2.06. The topological polar surface area (TPSA) is 29.5 Å². The number of hydrogen-bond donors (Lipinski definition) is 1. The van der Waals surface area contributed by atoms with Gasteiger partial charge in [0.05, 0.1) is 13.2 Å². The van der Waals surface area contributed by atoms with Crippen molar-refractivity contribution >= 4 is 27.3 Å². The van der Waals surface area contributed by atoms with Crippen molar-refractivity contribution in [3.8, 4) is 0 Å². The van der Waals surface area contributed by atoms with E-state index in [0.29, 0.717) is 6.61 Å². The molecule has 0 amide bonds. The number of aliphatic hydroxyl groups is 1. The lowest BCUT2D eigenvalue weighted by Crippen LogP contribution is -2.28. The molecule has 2 heterocycles. The molecule has 2 rings (SSSR count). The van der Waals surface area contributed by atoms with Crippen LogP contribution in [-0.4, -0.2) is 24.9 Å². The van der Waals surface area contributed by atoms with Gasteiger partial charge in [0.2, 0.25) is 0 Å². The molecule has 14 heavy (non-hydrogen) atoms. The van der Waals surface area contributed by atoms with Gasteiger partial charge in [0.25, 0.3) is 0 Å². The zero-order valence-corrected chi connectivity index (χ0v) is 10.2. The third-order valence-corrected chi connectivity index (χ3v) is 4.67. The minimum Gasteiger partial charge on any atom is -0.396 e. The quantitative estimate of drug-likeness (QED) is 0.919. The zero-order chi connectivity index (χ0) is 10.0. The van der Waals surface area contributed by atoms with Crippen LogP contribution in [0.4, 0.5) is 0 Å². The maximum atomic E-state index is 9.42. The van der Waals surface area contributed by atoms with E-state index in [9.17, 15) is 5.11 Å². The van der Waals surface area contributed by atoms with Crippen molar-refractivity contribution in [1.82, 2.24) is 0 Å². The molecule has 1 unspecified atom stereocenters. The molecule has 2 nitrogen and oxygen atoms in total. The third kappa shape index (κ3) is 2.03. The molecule has 1 aliphatic heterocycles. The predicted molar refractivity (Wildman–Crippen MR) is 60.7 cm³/mol. The molecule has 0 bridgehead atoms. The smallest absolute Gasteiger partial charge is 0.0548 e. The van der Waals surface area contributed by atoms with Gasteiger partial charge in [-0.3, -0.25) is 0 Å². The van der Waals surface area contributed by atoms with E-state index in [1.54, 1.807) is 11.3 Å². The van der Waals surface area contributed by atoms with Gasteiger partial charge in [-0.1, -0.05) is 0 Å². The number of ether oxygens (including phenoxy) is 1. The summed E-state index contributed by atoms with van der Waals surface area (Å²) in [4.78, 5) is 1.31. The summed E-state index contributed by atoms with van der Waals surface area (Å²) in [5, 5.41) is 11.5. The highest BCUT2D eigenvalue weighted by Gasteiger charge is 2.35. The molecule has 1 saturated heterocycles. The normalized spacial score (nSPS) is 27.0. The highest BCUT2D eigenvalue weighted by atomic mass is 79.9. The maximum Gasteiger partial charge on any atom is 0.0548 e. The lowest BCUT2D eigenvalue weighted by molar-refractivity contribution is 0.0940. The fourth-order valence-corrected chi connectivity index (χ4v) is 3.43. The van der Waals surface area contributed by atoms with Crippen LogP contribution in [0.15, 0.2) is 15.9 Å². The zero-order valence-electron chi connectivity index (χ0n) is 7.83. The molecule has 4 heteroatoms. The van der Waals surface area contributed by atoms with Crippen molar-refractivity contribution in [2.45, 2.75) is 12.8 Å². The number of halogens is 1. The van der Waals surface area contributed by atoms with Gasteiger partial charge in [0.15, 0.2) is 0 Å². The first kappa shape index (κ1) is 10.6. The van der Waals surface area contributed by atoms with E-state index in [0.717, 1.165) is 23.9 Å². The van der Waals surface area contributed by atoms with Gasteiger partial charge in [0.1, 0.15) is 0 Å². The largest absolute Gasteiger partial charge is 0.396 e. The second-order valence-electron chi connectivity index (χ2n) is 3.83. The van der Waals surface area contributed by atoms with Crippen LogP contribution < -0.4 is 0 Å². The van der Waals surface area contributed by atoms with E-state index >= 15 is 0 Å². The average molecular weight is 277 g/mol. The average Bonchev–Trinajstić information content (AvgIpc) is 2.79. The van der Waals surface area contributed by atoms with Crippen LogP contribution in [0.5, 0.6) is 0 Å². The summed E-state index contributed by atoms with van der Waals surface area (Å²) < 4.78 is 6.52. The van der Waals surface area contributed by atoms with Gasteiger partial charge in [-0.15, -0.1) is 11.3 Å². The van der Waals surface area contributed by atoms with E-state index < -0.39 is 0 Å². The second kappa shape index (κ2) is 4.31. The molecule has 1 aliphatic rings. The summed E-state index contributed by atoms with van der Waals surface area (Å²) in [6.07, 6.45) is 1.88. The van der Waals surface area contributed by atoms with Crippen LogP contribution in [-0.2, 0) is 11.2 Å². The lowest BCUT2D eigenvalue weighted by Gasteiger charge is -2.23. The van der Waals surface area contributed by atoms with Crippen molar-refractivity contribution < 1.29 is 9.84 Å². The Balaban J connectivity index is 2.12. The Morgan fingerprint density at radius 2 is 2.50 bits per heavy atom. The summed E-state index contributed by atoms with van der Waals surface area (Å²) in [6.45, 7) is 1.69. The van der Waals surface area contributed by atoms with Crippen LogP contribution in [0.1, 0.15) is 11.3 Å². The van der Waals surface area contributed by atoms with Crippen LogP contribution in [0.3, 0.4) is 0 Å². The van der Waals surface area contributed by atoms with Crippen molar-refractivity contribution in [3.63, 3.8) is 0 Å². The summed E-state index contributed by atoms with van der Waals surface area (Å²) in [5.74, 6) is 0. The number of aliphatic hydroxyl groups excluding tert-OH is 1.